The van der Waals surface area contributed by atoms with Gasteiger partial charge in [-0.15, -0.1) is 0 Å². The van der Waals surface area contributed by atoms with Crippen molar-refractivity contribution in [2.24, 2.45) is 0 Å². The van der Waals surface area contributed by atoms with Gasteiger partial charge in [0.1, 0.15) is 5.76 Å². The number of nitrogens with zero attached hydrogens (tertiary/aromatic N) is 1. The quantitative estimate of drug-likeness (QED) is 0.588. The Morgan fingerprint density at radius 3 is 2.62 bits per heavy atom. The molecule has 1 aromatic rings. The molecule has 0 atom stereocenters. The summed E-state index contributed by atoms with van der Waals surface area (Å²) in [4.78, 5) is 21.5. The SMILES string of the molecule is CC(=O)NNC(=O)c1cc(C)on1. The van der Waals surface area contributed by atoms with Crippen LogP contribution in [-0.2, 0) is 4.79 Å². The maximum atomic E-state index is 11.1. The van der Waals surface area contributed by atoms with E-state index in [0.29, 0.717) is 5.76 Å². The Balaban J connectivity index is 2.54. The van der Waals surface area contributed by atoms with Crippen molar-refractivity contribution < 1.29 is 14.1 Å². The number of amides is 2. The van der Waals surface area contributed by atoms with E-state index in [1.54, 1.807) is 6.92 Å². The summed E-state index contributed by atoms with van der Waals surface area (Å²) in [5, 5.41) is 3.46. The van der Waals surface area contributed by atoms with Crippen molar-refractivity contribution in [3.05, 3.63) is 17.5 Å². The summed E-state index contributed by atoms with van der Waals surface area (Å²) >= 11 is 0. The molecule has 70 valence electrons. The fraction of sp³-hybridized carbons (Fsp3) is 0.286. The minimum absolute atomic E-state index is 0.131. The van der Waals surface area contributed by atoms with Crippen LogP contribution in [0.25, 0.3) is 0 Å². The first-order chi connectivity index (χ1) is 6.09. The van der Waals surface area contributed by atoms with E-state index in [-0.39, 0.29) is 11.6 Å². The van der Waals surface area contributed by atoms with Gasteiger partial charge in [0.2, 0.25) is 5.91 Å². The lowest BCUT2D eigenvalue weighted by molar-refractivity contribution is -0.119. The molecule has 0 unspecified atom stereocenters. The van der Waals surface area contributed by atoms with Gasteiger partial charge in [0.25, 0.3) is 5.91 Å². The highest BCUT2D eigenvalue weighted by molar-refractivity contribution is 5.93. The summed E-state index contributed by atoms with van der Waals surface area (Å²) in [7, 11) is 0. The van der Waals surface area contributed by atoms with Crippen molar-refractivity contribution >= 4 is 11.8 Å². The Labute approximate surface area is 74.2 Å². The highest BCUT2D eigenvalue weighted by Gasteiger charge is 2.09. The van der Waals surface area contributed by atoms with Crippen molar-refractivity contribution in [1.82, 2.24) is 16.0 Å². The van der Waals surface area contributed by atoms with Gasteiger partial charge in [-0.2, -0.15) is 0 Å². The van der Waals surface area contributed by atoms with Crippen molar-refractivity contribution in [2.75, 3.05) is 0 Å². The van der Waals surface area contributed by atoms with Crippen LogP contribution in [0.1, 0.15) is 23.2 Å². The van der Waals surface area contributed by atoms with Gasteiger partial charge in [-0.25, -0.2) is 0 Å². The normalized spacial score (nSPS) is 9.38. The van der Waals surface area contributed by atoms with Crippen LogP contribution in [0.15, 0.2) is 10.6 Å². The number of hydrazine groups is 1. The molecule has 6 heteroatoms. The minimum Gasteiger partial charge on any atom is -0.361 e. The maximum Gasteiger partial charge on any atom is 0.291 e. The van der Waals surface area contributed by atoms with Gasteiger partial charge in [-0.1, -0.05) is 5.16 Å². The minimum atomic E-state index is -0.507. The van der Waals surface area contributed by atoms with Crippen LogP contribution in [-0.4, -0.2) is 17.0 Å². The first-order valence-corrected chi connectivity index (χ1v) is 3.60. The molecule has 0 radical (unpaired) electrons. The molecule has 1 heterocycles. The highest BCUT2D eigenvalue weighted by atomic mass is 16.5. The Kier molecular flexibility index (Phi) is 2.63. The van der Waals surface area contributed by atoms with Gasteiger partial charge in [0.15, 0.2) is 5.69 Å². The van der Waals surface area contributed by atoms with Gasteiger partial charge in [0, 0.05) is 13.0 Å². The lowest BCUT2D eigenvalue weighted by Crippen LogP contribution is -2.40. The number of carbonyl (C=O) groups excluding carboxylic acids is 2. The monoisotopic (exact) mass is 183 g/mol. The summed E-state index contributed by atoms with van der Waals surface area (Å²) in [6, 6.07) is 1.47. The zero-order chi connectivity index (χ0) is 9.84. The molecule has 6 nitrogen and oxygen atoms in total. The van der Waals surface area contributed by atoms with Gasteiger partial charge in [0.05, 0.1) is 0 Å². The Morgan fingerprint density at radius 1 is 1.46 bits per heavy atom. The standard InChI is InChI=1S/C7H9N3O3/c1-4-3-6(10-13-4)7(12)9-8-5(2)11/h3H,1-2H3,(H,8,11)(H,9,12). The second-order valence-corrected chi connectivity index (χ2v) is 2.46. The fourth-order valence-electron chi connectivity index (χ4n) is 0.682. The molecular formula is C7H9N3O3. The summed E-state index contributed by atoms with van der Waals surface area (Å²) in [6.07, 6.45) is 0. The average Bonchev–Trinajstić information content (AvgIpc) is 2.47. The number of nitrogens with one attached hydrogen (secondary N) is 2. The molecule has 2 N–H and O–H groups in total. The second-order valence-electron chi connectivity index (χ2n) is 2.46. The molecular weight excluding hydrogens is 174 g/mol. The van der Waals surface area contributed by atoms with Crippen molar-refractivity contribution in [1.29, 1.82) is 0 Å². The van der Waals surface area contributed by atoms with E-state index in [4.69, 9.17) is 0 Å². The van der Waals surface area contributed by atoms with Crippen LogP contribution in [0.3, 0.4) is 0 Å². The summed E-state index contributed by atoms with van der Waals surface area (Å²) in [6.45, 7) is 2.95. The molecule has 0 spiro atoms. The van der Waals surface area contributed by atoms with Crippen molar-refractivity contribution in [3.8, 4) is 0 Å². The number of aromatic nitrogens is 1. The number of hydrogen-bond donors (Lipinski definition) is 2. The molecule has 0 aliphatic heterocycles. The predicted octanol–water partition coefficient (Wildman–Crippen LogP) is -0.236. The Morgan fingerprint density at radius 2 is 2.15 bits per heavy atom. The van der Waals surface area contributed by atoms with Gasteiger partial charge < -0.3 is 4.52 Å². The summed E-state index contributed by atoms with van der Waals surface area (Å²) in [5.74, 6) is -0.325. The average molecular weight is 183 g/mol. The summed E-state index contributed by atoms with van der Waals surface area (Å²) in [5.41, 5.74) is 4.41. The number of aryl methyl sites for hydroxylation is 1. The molecule has 1 rings (SSSR count). The van der Waals surface area contributed by atoms with Crippen molar-refractivity contribution in [3.63, 3.8) is 0 Å². The van der Waals surface area contributed by atoms with E-state index < -0.39 is 5.91 Å². The van der Waals surface area contributed by atoms with Crippen LogP contribution >= 0.6 is 0 Å². The third kappa shape index (κ3) is 2.58. The van der Waals surface area contributed by atoms with Crippen molar-refractivity contribution in [2.45, 2.75) is 13.8 Å². The Bertz CT molecular complexity index is 331. The number of hydrogen-bond acceptors (Lipinski definition) is 4. The molecule has 0 aliphatic carbocycles. The molecule has 0 aliphatic rings. The van der Waals surface area contributed by atoms with E-state index >= 15 is 0 Å². The fourth-order valence-corrected chi connectivity index (χ4v) is 0.682. The van der Waals surface area contributed by atoms with E-state index in [1.165, 1.54) is 13.0 Å². The zero-order valence-corrected chi connectivity index (χ0v) is 7.25. The van der Waals surface area contributed by atoms with Crippen LogP contribution in [0, 0.1) is 6.92 Å². The molecule has 0 bridgehead atoms. The van der Waals surface area contributed by atoms with Gasteiger partial charge >= 0.3 is 0 Å². The molecule has 0 saturated heterocycles. The van der Waals surface area contributed by atoms with E-state index in [9.17, 15) is 9.59 Å². The first kappa shape index (κ1) is 9.24. The van der Waals surface area contributed by atoms with Crippen LogP contribution in [0.5, 0.6) is 0 Å². The molecule has 0 fully saturated rings. The van der Waals surface area contributed by atoms with Crippen LogP contribution in [0.4, 0.5) is 0 Å². The third-order valence-corrected chi connectivity index (χ3v) is 1.21. The first-order valence-electron chi connectivity index (χ1n) is 3.60. The van der Waals surface area contributed by atoms with Crippen LogP contribution < -0.4 is 10.9 Å². The molecule has 13 heavy (non-hydrogen) atoms. The largest absolute Gasteiger partial charge is 0.361 e. The van der Waals surface area contributed by atoms with Gasteiger partial charge in [-0.05, 0) is 6.92 Å². The Hall–Kier alpha value is -1.85. The molecule has 2 amide bonds. The smallest absolute Gasteiger partial charge is 0.291 e. The van der Waals surface area contributed by atoms with Crippen LogP contribution in [0.2, 0.25) is 0 Å². The van der Waals surface area contributed by atoms with E-state index in [0.717, 1.165) is 0 Å². The lowest BCUT2D eigenvalue weighted by Gasteiger charge is -2.00. The highest BCUT2D eigenvalue weighted by Crippen LogP contribution is 1.99. The zero-order valence-electron chi connectivity index (χ0n) is 7.25. The lowest BCUT2D eigenvalue weighted by atomic mass is 10.4. The summed E-state index contributed by atoms with van der Waals surface area (Å²) < 4.78 is 4.67. The predicted molar refractivity (Wildman–Crippen MR) is 42.5 cm³/mol. The maximum absolute atomic E-state index is 11.1. The third-order valence-electron chi connectivity index (χ3n) is 1.21. The topological polar surface area (TPSA) is 84.2 Å². The van der Waals surface area contributed by atoms with E-state index in [2.05, 4.69) is 20.5 Å². The second kappa shape index (κ2) is 3.70. The molecule has 0 saturated carbocycles. The van der Waals surface area contributed by atoms with Gasteiger partial charge in [-0.3, -0.25) is 20.4 Å². The number of rotatable bonds is 1. The molecule has 0 aromatic carbocycles. The molecule has 1 aromatic heterocycles. The van der Waals surface area contributed by atoms with E-state index in [1.807, 2.05) is 0 Å². The number of carbonyl (C=O) groups is 2.